The molecule has 0 unspecified atom stereocenters. The minimum Gasteiger partial charge on any atom is -0.385 e. The van der Waals surface area contributed by atoms with Crippen molar-refractivity contribution < 1.29 is 22.7 Å². The van der Waals surface area contributed by atoms with Crippen molar-refractivity contribution in [2.24, 2.45) is 0 Å². The van der Waals surface area contributed by atoms with E-state index in [-0.39, 0.29) is 55.5 Å². The first kappa shape index (κ1) is 32.6. The molecule has 0 saturated carbocycles. The fourth-order valence-electron chi connectivity index (χ4n) is 6.39. The van der Waals surface area contributed by atoms with Gasteiger partial charge in [-0.05, 0) is 93.5 Å². The molecule has 1 fully saturated rings. The third kappa shape index (κ3) is 6.34. The van der Waals surface area contributed by atoms with Crippen LogP contribution in [0.15, 0.2) is 47.4 Å². The maximum atomic E-state index is 15.7. The van der Waals surface area contributed by atoms with E-state index in [1.54, 1.807) is 25.1 Å². The quantitative estimate of drug-likeness (QED) is 0.245. The second-order valence-electron chi connectivity index (χ2n) is 12.4. The summed E-state index contributed by atoms with van der Waals surface area (Å²) < 4.78 is 43.0. The van der Waals surface area contributed by atoms with Crippen molar-refractivity contribution >= 4 is 26.8 Å². The van der Waals surface area contributed by atoms with Crippen LogP contribution in [0.4, 0.5) is 4.39 Å². The van der Waals surface area contributed by atoms with Gasteiger partial charge < -0.3 is 20.0 Å². The topological polar surface area (TPSA) is 124 Å². The molecule has 1 saturated heterocycles. The Bertz CT molecular complexity index is 1960. The van der Waals surface area contributed by atoms with Crippen LogP contribution in [0.1, 0.15) is 77.5 Å². The number of rotatable bonds is 8. The molecule has 11 heteroatoms. The summed E-state index contributed by atoms with van der Waals surface area (Å²) >= 11 is 0. The number of fused-ring (bicyclic) bond motifs is 1. The average Bonchev–Trinajstić information content (AvgIpc) is 3.31. The highest BCUT2D eigenvalue weighted by Gasteiger charge is 2.38. The third-order valence-corrected chi connectivity index (χ3v) is 10.5. The number of aromatic amines is 1. The summed E-state index contributed by atoms with van der Waals surface area (Å²) in [7, 11) is -3.40. The highest BCUT2D eigenvalue weighted by molar-refractivity contribution is 7.88. The SMILES string of the molecule is CC[C@H](C)n1cc(C)c2c(C(=O)NCc3c(C)cc(C)[nH]c3=O)cc(-c3ccc(C4(O)CCN(S(C)(=O)=O)CC4)c(F)c3)cc21. The summed E-state index contributed by atoms with van der Waals surface area (Å²) in [5.41, 5.74) is 3.73. The van der Waals surface area contributed by atoms with Gasteiger partial charge >= 0.3 is 0 Å². The highest BCUT2D eigenvalue weighted by atomic mass is 32.2. The van der Waals surface area contributed by atoms with E-state index in [4.69, 9.17) is 0 Å². The second-order valence-corrected chi connectivity index (χ2v) is 14.4. The first-order valence-corrected chi connectivity index (χ1v) is 17.1. The number of nitrogens with zero attached hydrogens (tertiary/aromatic N) is 2. The molecule has 45 heavy (non-hydrogen) atoms. The number of aliphatic hydroxyl groups is 1. The molecule has 1 atom stereocenters. The third-order valence-electron chi connectivity index (χ3n) is 9.17. The van der Waals surface area contributed by atoms with Gasteiger partial charge in [0.15, 0.2) is 0 Å². The fourth-order valence-corrected chi connectivity index (χ4v) is 7.23. The van der Waals surface area contributed by atoms with Gasteiger partial charge in [-0.3, -0.25) is 9.59 Å². The fraction of sp³-hybridized carbons (Fsp3) is 0.412. The van der Waals surface area contributed by atoms with Crippen molar-refractivity contribution in [1.29, 1.82) is 0 Å². The molecule has 0 spiro atoms. The Labute approximate surface area is 263 Å². The summed E-state index contributed by atoms with van der Waals surface area (Å²) in [4.78, 5) is 29.2. The lowest BCUT2D eigenvalue weighted by atomic mass is 9.84. The Morgan fingerprint density at radius 1 is 1.09 bits per heavy atom. The Morgan fingerprint density at radius 2 is 1.78 bits per heavy atom. The summed E-state index contributed by atoms with van der Waals surface area (Å²) in [5.74, 6) is -0.952. The van der Waals surface area contributed by atoms with Crippen LogP contribution < -0.4 is 10.9 Å². The van der Waals surface area contributed by atoms with E-state index in [9.17, 15) is 23.1 Å². The number of aryl methyl sites for hydroxylation is 3. The molecule has 0 bridgehead atoms. The van der Waals surface area contributed by atoms with E-state index in [2.05, 4.69) is 28.7 Å². The molecule has 1 aliphatic rings. The number of hydrogen-bond donors (Lipinski definition) is 3. The molecule has 1 aliphatic heterocycles. The van der Waals surface area contributed by atoms with E-state index in [1.165, 1.54) is 10.4 Å². The Hall–Kier alpha value is -3.80. The average molecular weight is 637 g/mol. The Kier molecular flexibility index (Phi) is 8.82. The van der Waals surface area contributed by atoms with Crippen LogP contribution in [0.2, 0.25) is 0 Å². The summed E-state index contributed by atoms with van der Waals surface area (Å²) in [6.07, 6.45) is 4.18. The maximum Gasteiger partial charge on any atom is 0.253 e. The predicted octanol–water partition coefficient (Wildman–Crippen LogP) is 5.20. The lowest BCUT2D eigenvalue weighted by molar-refractivity contribution is -0.0124. The van der Waals surface area contributed by atoms with Gasteiger partial charge in [-0.2, -0.15) is 0 Å². The zero-order valence-corrected chi connectivity index (χ0v) is 27.4. The first-order chi connectivity index (χ1) is 21.1. The number of pyridine rings is 1. The molecule has 1 amide bonds. The minimum absolute atomic E-state index is 0.0514. The molecule has 0 aliphatic carbocycles. The lowest BCUT2D eigenvalue weighted by Crippen LogP contribution is -2.45. The molecular weight excluding hydrogens is 595 g/mol. The lowest BCUT2D eigenvalue weighted by Gasteiger charge is -2.37. The maximum absolute atomic E-state index is 15.7. The van der Waals surface area contributed by atoms with E-state index in [1.807, 2.05) is 32.2 Å². The van der Waals surface area contributed by atoms with Gasteiger partial charge in [0.1, 0.15) is 5.82 Å². The number of piperidine rings is 1. The van der Waals surface area contributed by atoms with Crippen molar-refractivity contribution in [2.45, 2.75) is 72.1 Å². The Morgan fingerprint density at radius 3 is 2.38 bits per heavy atom. The predicted molar refractivity (Wildman–Crippen MR) is 174 cm³/mol. The second kappa shape index (κ2) is 12.2. The van der Waals surface area contributed by atoms with E-state index in [0.29, 0.717) is 22.3 Å². The molecule has 0 radical (unpaired) electrons. The van der Waals surface area contributed by atoms with Gasteiger partial charge in [-0.25, -0.2) is 17.1 Å². The zero-order chi connectivity index (χ0) is 32.8. The number of amides is 1. The molecule has 5 rings (SSSR count). The number of aromatic nitrogens is 2. The van der Waals surface area contributed by atoms with Gasteiger partial charge in [-0.1, -0.05) is 19.1 Å². The molecule has 240 valence electrons. The van der Waals surface area contributed by atoms with Crippen LogP contribution in [0.25, 0.3) is 22.0 Å². The number of sulfonamides is 1. The molecular formula is C34H41FN4O5S. The van der Waals surface area contributed by atoms with Gasteiger partial charge in [0.25, 0.3) is 11.5 Å². The minimum atomic E-state index is -3.40. The van der Waals surface area contributed by atoms with Crippen molar-refractivity contribution in [3.8, 4) is 11.1 Å². The summed E-state index contributed by atoms with van der Waals surface area (Å²) in [6, 6.07) is 10.3. The van der Waals surface area contributed by atoms with Crippen molar-refractivity contribution in [1.82, 2.24) is 19.2 Å². The van der Waals surface area contributed by atoms with E-state index in [0.717, 1.165) is 40.4 Å². The number of halogens is 1. The normalized spacial score (nSPS) is 16.2. The van der Waals surface area contributed by atoms with Crippen LogP contribution in [0, 0.1) is 26.6 Å². The van der Waals surface area contributed by atoms with Crippen LogP contribution >= 0.6 is 0 Å². The van der Waals surface area contributed by atoms with Crippen molar-refractivity contribution in [2.75, 3.05) is 19.3 Å². The molecule has 9 nitrogen and oxygen atoms in total. The summed E-state index contributed by atoms with van der Waals surface area (Å²) in [5, 5.41) is 15.0. The molecule has 4 aromatic rings. The van der Waals surface area contributed by atoms with Crippen molar-refractivity contribution in [3.63, 3.8) is 0 Å². The van der Waals surface area contributed by atoms with Gasteiger partial charge in [0.2, 0.25) is 10.0 Å². The van der Waals surface area contributed by atoms with Crippen LogP contribution in [0.3, 0.4) is 0 Å². The zero-order valence-electron chi connectivity index (χ0n) is 26.6. The van der Waals surface area contributed by atoms with E-state index < -0.39 is 21.4 Å². The molecule has 2 aromatic carbocycles. The van der Waals surface area contributed by atoms with Gasteiger partial charge in [0.05, 0.1) is 11.9 Å². The van der Waals surface area contributed by atoms with Crippen LogP contribution in [-0.4, -0.2) is 52.6 Å². The molecule has 3 N–H and O–H groups in total. The van der Waals surface area contributed by atoms with E-state index >= 15 is 4.39 Å². The van der Waals surface area contributed by atoms with Crippen LogP contribution in [-0.2, 0) is 22.2 Å². The standard InChI is InChI=1S/C34H41FN4O5S/c1-7-23(5)39-19-21(3)31-26(32(40)36-18-27-20(2)14-22(4)37-33(27)41)15-25(17-30(31)39)24-8-9-28(29(35)16-24)34(42)10-12-38(13-11-34)45(6,43)44/h8-9,14-17,19,23,42H,7,10-13,18H2,1-6H3,(H,36,40)(H,37,41)/t23-/m0/s1. The van der Waals surface area contributed by atoms with Crippen LogP contribution in [0.5, 0.6) is 0 Å². The smallest absolute Gasteiger partial charge is 0.253 e. The number of hydrogen-bond acceptors (Lipinski definition) is 5. The molecule has 3 heterocycles. The first-order valence-electron chi connectivity index (χ1n) is 15.2. The number of H-pyrrole nitrogens is 1. The summed E-state index contributed by atoms with van der Waals surface area (Å²) in [6.45, 7) is 10.0. The largest absolute Gasteiger partial charge is 0.385 e. The Balaban J connectivity index is 1.54. The number of benzene rings is 2. The highest BCUT2D eigenvalue weighted by Crippen LogP contribution is 2.38. The molecule has 2 aromatic heterocycles. The number of carbonyl (C=O) groups excluding carboxylic acids is 1. The number of carbonyl (C=O) groups is 1. The monoisotopic (exact) mass is 636 g/mol. The number of nitrogens with one attached hydrogen (secondary N) is 2. The van der Waals surface area contributed by atoms with Gasteiger partial charge in [-0.15, -0.1) is 0 Å². The van der Waals surface area contributed by atoms with Gasteiger partial charge in [0, 0.05) is 65.2 Å². The van der Waals surface area contributed by atoms with Crippen molar-refractivity contribution in [3.05, 3.63) is 92.3 Å².